The minimum absolute atomic E-state index is 0.186. The third kappa shape index (κ3) is 3.22. The van der Waals surface area contributed by atoms with Crippen molar-refractivity contribution >= 4 is 5.69 Å². The van der Waals surface area contributed by atoms with Crippen LogP contribution in [0, 0.1) is 22.7 Å². The van der Waals surface area contributed by atoms with Crippen molar-refractivity contribution in [3.8, 4) is 6.07 Å². The molecule has 0 unspecified atom stereocenters. The molecule has 1 aromatic heterocycles. The van der Waals surface area contributed by atoms with Crippen molar-refractivity contribution in [3.05, 3.63) is 28.2 Å². The molecule has 0 spiro atoms. The maximum Gasteiger partial charge on any atom is 0.267 e. The Hall–Kier alpha value is -1.76. The molecule has 0 radical (unpaired) electrons. The zero-order chi connectivity index (χ0) is 14.8. The fraction of sp³-hybridized carbons (Fsp3) is 0.625. The van der Waals surface area contributed by atoms with Crippen molar-refractivity contribution < 1.29 is 0 Å². The highest BCUT2D eigenvalue weighted by atomic mass is 16.1. The highest BCUT2D eigenvalue weighted by molar-refractivity contribution is 5.56. The van der Waals surface area contributed by atoms with E-state index >= 15 is 0 Å². The Morgan fingerprint density at radius 1 is 1.30 bits per heavy atom. The Labute approximate surface area is 120 Å². The molecule has 1 fully saturated rings. The van der Waals surface area contributed by atoms with Crippen LogP contribution in [-0.2, 0) is 0 Å². The van der Waals surface area contributed by atoms with Crippen LogP contribution >= 0.6 is 0 Å². The van der Waals surface area contributed by atoms with Crippen molar-refractivity contribution in [3.63, 3.8) is 0 Å². The summed E-state index contributed by atoms with van der Waals surface area (Å²) < 4.78 is 0. The first-order valence-corrected chi connectivity index (χ1v) is 7.30. The predicted octanol–water partition coefficient (Wildman–Crippen LogP) is 3.26. The average molecular weight is 273 g/mol. The first-order chi connectivity index (χ1) is 9.41. The van der Waals surface area contributed by atoms with Gasteiger partial charge in [-0.2, -0.15) is 5.26 Å². The summed E-state index contributed by atoms with van der Waals surface area (Å²) in [4.78, 5) is 14.1. The third-order valence-electron chi connectivity index (χ3n) is 4.38. The molecule has 108 valence electrons. The fourth-order valence-corrected chi connectivity index (χ4v) is 3.03. The number of nitrogens with zero attached hydrogens (tertiary/aromatic N) is 1. The standard InChI is InChI=1S/C16H23N3O/c1-16(2,3)11-4-6-12(7-5-11)19-14-8-9-18-15(20)13(14)10-17/h8-9,11-12H,4-7H2,1-3H3,(H2,18,19,20). The summed E-state index contributed by atoms with van der Waals surface area (Å²) >= 11 is 0. The van der Waals surface area contributed by atoms with Crippen LogP contribution in [0.3, 0.4) is 0 Å². The number of nitrogens with one attached hydrogen (secondary N) is 2. The Morgan fingerprint density at radius 2 is 1.95 bits per heavy atom. The quantitative estimate of drug-likeness (QED) is 0.869. The van der Waals surface area contributed by atoms with E-state index in [4.69, 9.17) is 5.26 Å². The summed E-state index contributed by atoms with van der Waals surface area (Å²) in [5.74, 6) is 0.759. The van der Waals surface area contributed by atoms with Crippen molar-refractivity contribution in [2.75, 3.05) is 5.32 Å². The molecule has 0 amide bonds. The highest BCUT2D eigenvalue weighted by Crippen LogP contribution is 2.38. The van der Waals surface area contributed by atoms with Gasteiger partial charge in [0.25, 0.3) is 5.56 Å². The van der Waals surface area contributed by atoms with Crippen LogP contribution < -0.4 is 10.9 Å². The summed E-state index contributed by atoms with van der Waals surface area (Å²) in [6.07, 6.45) is 6.18. The van der Waals surface area contributed by atoms with Crippen LogP contribution in [0.15, 0.2) is 17.1 Å². The predicted molar refractivity (Wildman–Crippen MR) is 80.6 cm³/mol. The lowest BCUT2D eigenvalue weighted by Gasteiger charge is -2.37. The molecule has 0 bridgehead atoms. The Kier molecular flexibility index (Phi) is 4.17. The van der Waals surface area contributed by atoms with E-state index in [9.17, 15) is 4.79 Å². The van der Waals surface area contributed by atoms with Gasteiger partial charge in [0.05, 0.1) is 5.69 Å². The van der Waals surface area contributed by atoms with Crippen LogP contribution in [0.4, 0.5) is 5.69 Å². The molecule has 4 heteroatoms. The molecule has 1 saturated carbocycles. The van der Waals surface area contributed by atoms with Gasteiger partial charge in [-0.3, -0.25) is 4.79 Å². The van der Waals surface area contributed by atoms with E-state index in [-0.39, 0.29) is 11.1 Å². The van der Waals surface area contributed by atoms with Crippen LogP contribution in [0.2, 0.25) is 0 Å². The van der Waals surface area contributed by atoms with Crippen molar-refractivity contribution in [1.29, 1.82) is 5.26 Å². The molecule has 0 saturated heterocycles. The molecule has 1 aromatic rings. The molecule has 4 nitrogen and oxygen atoms in total. The van der Waals surface area contributed by atoms with E-state index in [1.165, 1.54) is 12.8 Å². The minimum Gasteiger partial charge on any atom is -0.381 e. The Bertz CT molecular complexity index is 554. The molecule has 20 heavy (non-hydrogen) atoms. The number of aromatic nitrogens is 1. The van der Waals surface area contributed by atoms with Gasteiger partial charge in [-0.25, -0.2) is 0 Å². The monoisotopic (exact) mass is 273 g/mol. The van der Waals surface area contributed by atoms with Crippen LogP contribution in [-0.4, -0.2) is 11.0 Å². The van der Waals surface area contributed by atoms with Gasteiger partial charge in [0.2, 0.25) is 0 Å². The number of anilines is 1. The molecule has 1 aliphatic rings. The maximum absolute atomic E-state index is 11.6. The van der Waals surface area contributed by atoms with E-state index < -0.39 is 0 Å². The SMILES string of the molecule is CC(C)(C)C1CCC(Nc2cc[nH]c(=O)c2C#N)CC1. The van der Waals surface area contributed by atoms with Gasteiger partial charge in [0.1, 0.15) is 11.6 Å². The second-order valence-electron chi connectivity index (χ2n) is 6.77. The third-order valence-corrected chi connectivity index (χ3v) is 4.38. The van der Waals surface area contributed by atoms with Gasteiger partial charge in [0, 0.05) is 12.2 Å². The number of nitriles is 1. The molecule has 2 N–H and O–H groups in total. The first-order valence-electron chi connectivity index (χ1n) is 7.30. The number of hydrogen-bond acceptors (Lipinski definition) is 3. The molecular weight excluding hydrogens is 250 g/mol. The number of hydrogen-bond donors (Lipinski definition) is 2. The Balaban J connectivity index is 2.02. The van der Waals surface area contributed by atoms with Crippen LogP contribution in [0.25, 0.3) is 0 Å². The number of H-pyrrole nitrogens is 1. The number of rotatable bonds is 2. The Morgan fingerprint density at radius 3 is 2.50 bits per heavy atom. The second kappa shape index (κ2) is 5.70. The zero-order valence-electron chi connectivity index (χ0n) is 12.5. The van der Waals surface area contributed by atoms with Crippen molar-refractivity contribution in [1.82, 2.24) is 4.98 Å². The van der Waals surface area contributed by atoms with Gasteiger partial charge in [-0.1, -0.05) is 20.8 Å². The smallest absolute Gasteiger partial charge is 0.267 e. The van der Waals surface area contributed by atoms with E-state index in [0.717, 1.165) is 18.8 Å². The molecule has 0 atom stereocenters. The lowest BCUT2D eigenvalue weighted by molar-refractivity contribution is 0.173. The van der Waals surface area contributed by atoms with Gasteiger partial charge < -0.3 is 10.3 Å². The normalized spacial score (nSPS) is 23.1. The second-order valence-corrected chi connectivity index (χ2v) is 6.77. The minimum atomic E-state index is -0.319. The lowest BCUT2D eigenvalue weighted by Crippen LogP contribution is -2.32. The summed E-state index contributed by atoms with van der Waals surface area (Å²) in [6.45, 7) is 6.90. The molecule has 0 aliphatic heterocycles. The van der Waals surface area contributed by atoms with Crippen LogP contribution in [0.5, 0.6) is 0 Å². The summed E-state index contributed by atoms with van der Waals surface area (Å²) in [7, 11) is 0. The largest absolute Gasteiger partial charge is 0.381 e. The van der Waals surface area contributed by atoms with Gasteiger partial charge in [-0.05, 0) is 43.1 Å². The van der Waals surface area contributed by atoms with Gasteiger partial charge in [0.15, 0.2) is 0 Å². The first kappa shape index (κ1) is 14.6. The number of pyridine rings is 1. The van der Waals surface area contributed by atoms with Crippen molar-refractivity contribution in [2.24, 2.45) is 11.3 Å². The summed E-state index contributed by atoms with van der Waals surface area (Å²) in [5.41, 5.74) is 0.897. The highest BCUT2D eigenvalue weighted by Gasteiger charge is 2.29. The summed E-state index contributed by atoms with van der Waals surface area (Å²) in [6, 6.07) is 4.12. The summed E-state index contributed by atoms with van der Waals surface area (Å²) in [5, 5.41) is 12.4. The average Bonchev–Trinajstić information content (AvgIpc) is 2.38. The molecule has 2 rings (SSSR count). The molecular formula is C16H23N3O. The maximum atomic E-state index is 11.6. The number of aromatic amines is 1. The van der Waals surface area contributed by atoms with Crippen LogP contribution in [0.1, 0.15) is 52.0 Å². The van der Waals surface area contributed by atoms with Gasteiger partial charge in [-0.15, -0.1) is 0 Å². The topological polar surface area (TPSA) is 68.7 Å². The molecule has 1 aliphatic carbocycles. The van der Waals surface area contributed by atoms with E-state index in [2.05, 4.69) is 31.1 Å². The van der Waals surface area contributed by atoms with Crippen molar-refractivity contribution in [2.45, 2.75) is 52.5 Å². The molecule has 0 aromatic carbocycles. The van der Waals surface area contributed by atoms with E-state index in [0.29, 0.717) is 17.1 Å². The molecule has 1 heterocycles. The zero-order valence-corrected chi connectivity index (χ0v) is 12.5. The van der Waals surface area contributed by atoms with E-state index in [1.807, 2.05) is 6.07 Å². The van der Waals surface area contributed by atoms with Gasteiger partial charge >= 0.3 is 0 Å². The van der Waals surface area contributed by atoms with E-state index in [1.54, 1.807) is 12.3 Å². The fourth-order valence-electron chi connectivity index (χ4n) is 3.03. The lowest BCUT2D eigenvalue weighted by atomic mass is 9.71.